The molecule has 1 aliphatic rings. The van der Waals surface area contributed by atoms with Crippen LogP contribution in [0, 0.1) is 5.82 Å². The van der Waals surface area contributed by atoms with Crippen LogP contribution >= 0.6 is 11.8 Å². The van der Waals surface area contributed by atoms with Gasteiger partial charge in [0.1, 0.15) is 5.82 Å². The van der Waals surface area contributed by atoms with Gasteiger partial charge in [-0.1, -0.05) is 18.2 Å². The van der Waals surface area contributed by atoms with E-state index in [9.17, 15) is 19.1 Å². The van der Waals surface area contributed by atoms with E-state index in [0.29, 0.717) is 23.5 Å². The first-order chi connectivity index (χ1) is 14.0. The Morgan fingerprint density at radius 2 is 1.97 bits per heavy atom. The summed E-state index contributed by atoms with van der Waals surface area (Å²) < 4.78 is 18.3. The molecule has 0 spiro atoms. The van der Waals surface area contributed by atoms with Gasteiger partial charge in [-0.3, -0.25) is 19.5 Å². The van der Waals surface area contributed by atoms with Crippen molar-refractivity contribution in [3.05, 3.63) is 64.3 Å². The van der Waals surface area contributed by atoms with Crippen molar-refractivity contribution in [3.63, 3.8) is 0 Å². The molecule has 1 N–H and O–H groups in total. The maximum absolute atomic E-state index is 13.0. The minimum atomic E-state index is -0.402. The van der Waals surface area contributed by atoms with Gasteiger partial charge in [-0.25, -0.2) is 4.39 Å². The average Bonchev–Trinajstić information content (AvgIpc) is 2.97. The Labute approximate surface area is 171 Å². The molecule has 0 atom stereocenters. The van der Waals surface area contributed by atoms with Crippen molar-refractivity contribution in [1.29, 1.82) is 0 Å². The second-order valence-corrected chi connectivity index (χ2v) is 7.04. The molecule has 0 saturated carbocycles. The topological polar surface area (TPSA) is 79.2 Å². The number of hydrogen-bond donors (Lipinski definition) is 1. The van der Waals surface area contributed by atoms with Crippen molar-refractivity contribution in [2.45, 2.75) is 6.92 Å². The van der Waals surface area contributed by atoms with E-state index in [1.807, 2.05) is 6.92 Å². The molecule has 0 radical (unpaired) electrons. The molecule has 6 nitrogen and oxygen atoms in total. The van der Waals surface area contributed by atoms with Crippen LogP contribution in [0.3, 0.4) is 0 Å². The number of phenols is 1. The number of hydrogen-bond acceptors (Lipinski definition) is 6. The molecule has 1 heterocycles. The number of phenolic OH excluding ortho intramolecular Hbond substituents is 1. The van der Waals surface area contributed by atoms with E-state index in [2.05, 4.69) is 4.99 Å². The Hall–Kier alpha value is -3.13. The zero-order valence-corrected chi connectivity index (χ0v) is 16.5. The first-order valence-electron chi connectivity index (χ1n) is 8.95. The normalized spacial score (nSPS) is 15.7. The zero-order chi connectivity index (χ0) is 20.8. The van der Waals surface area contributed by atoms with E-state index in [1.54, 1.807) is 24.3 Å². The highest BCUT2D eigenvalue weighted by molar-refractivity contribution is 8.18. The third kappa shape index (κ3) is 5.03. The smallest absolute Gasteiger partial charge is 0.293 e. The summed E-state index contributed by atoms with van der Waals surface area (Å²) in [5, 5.41) is 9.76. The SMILES string of the molecule is CCOc1cccc(C=NCCN2C(=O)S/C(=C\c3ccc(F)cc3)C2=O)c1O. The van der Waals surface area contributed by atoms with Crippen LogP contribution < -0.4 is 4.74 Å². The second kappa shape index (κ2) is 9.38. The minimum Gasteiger partial charge on any atom is -0.504 e. The van der Waals surface area contributed by atoms with Crippen LogP contribution in [0.1, 0.15) is 18.1 Å². The lowest BCUT2D eigenvalue weighted by atomic mass is 10.2. The summed E-state index contributed by atoms with van der Waals surface area (Å²) in [6, 6.07) is 10.7. The highest BCUT2D eigenvalue weighted by Gasteiger charge is 2.34. The molecule has 0 aliphatic carbocycles. The number of amides is 2. The molecule has 29 heavy (non-hydrogen) atoms. The predicted molar refractivity (Wildman–Crippen MR) is 111 cm³/mol. The number of halogens is 1. The Morgan fingerprint density at radius 3 is 2.69 bits per heavy atom. The summed E-state index contributed by atoms with van der Waals surface area (Å²) in [5.41, 5.74) is 1.13. The Kier molecular flexibility index (Phi) is 6.66. The molecule has 8 heteroatoms. The number of para-hydroxylation sites is 1. The fourth-order valence-corrected chi connectivity index (χ4v) is 3.50. The van der Waals surface area contributed by atoms with Crippen LogP contribution in [0.5, 0.6) is 11.5 Å². The van der Waals surface area contributed by atoms with Gasteiger partial charge >= 0.3 is 0 Å². The predicted octanol–water partition coefficient (Wildman–Crippen LogP) is 4.09. The largest absolute Gasteiger partial charge is 0.504 e. The second-order valence-electron chi connectivity index (χ2n) is 6.05. The molecule has 0 aromatic heterocycles. The van der Waals surface area contributed by atoms with E-state index in [-0.39, 0.29) is 34.8 Å². The number of imide groups is 1. The van der Waals surface area contributed by atoms with Crippen molar-refractivity contribution < 1.29 is 23.8 Å². The van der Waals surface area contributed by atoms with Crippen molar-refractivity contribution >= 4 is 35.2 Å². The molecule has 0 bridgehead atoms. The molecule has 3 rings (SSSR count). The summed E-state index contributed by atoms with van der Waals surface area (Å²) in [5.74, 6) is -0.411. The first-order valence-corrected chi connectivity index (χ1v) is 9.76. The molecule has 0 unspecified atom stereocenters. The quantitative estimate of drug-likeness (QED) is 0.545. The maximum atomic E-state index is 13.0. The van der Waals surface area contributed by atoms with Crippen molar-refractivity contribution in [1.82, 2.24) is 4.90 Å². The Balaban J connectivity index is 1.62. The highest BCUT2D eigenvalue weighted by Crippen LogP contribution is 2.32. The molecule has 2 amide bonds. The fraction of sp³-hybridized carbons (Fsp3) is 0.190. The maximum Gasteiger partial charge on any atom is 0.293 e. The van der Waals surface area contributed by atoms with Gasteiger partial charge < -0.3 is 9.84 Å². The van der Waals surface area contributed by atoms with Crippen molar-refractivity contribution in [2.75, 3.05) is 19.7 Å². The van der Waals surface area contributed by atoms with E-state index in [4.69, 9.17) is 4.74 Å². The molecule has 2 aromatic rings. The van der Waals surface area contributed by atoms with Crippen molar-refractivity contribution in [3.8, 4) is 11.5 Å². The third-order valence-corrected chi connectivity index (χ3v) is 4.96. The Bertz CT molecular complexity index is 973. The summed E-state index contributed by atoms with van der Waals surface area (Å²) >= 11 is 0.842. The summed E-state index contributed by atoms with van der Waals surface area (Å²) in [6.07, 6.45) is 3.04. The Morgan fingerprint density at radius 1 is 1.21 bits per heavy atom. The van der Waals surface area contributed by atoms with Crippen LogP contribution in [0.25, 0.3) is 6.08 Å². The monoisotopic (exact) mass is 414 g/mol. The number of thioether (sulfide) groups is 1. The first kappa shape index (κ1) is 20.6. The van der Waals surface area contributed by atoms with E-state index >= 15 is 0 Å². The van der Waals surface area contributed by atoms with Crippen LogP contribution in [0.2, 0.25) is 0 Å². The molecule has 1 saturated heterocycles. The molecule has 150 valence electrons. The molecule has 1 fully saturated rings. The minimum absolute atomic E-state index is 0.00787. The number of carbonyl (C=O) groups excluding carboxylic acids is 2. The summed E-state index contributed by atoms with van der Waals surface area (Å²) in [4.78, 5) is 30.2. The number of benzene rings is 2. The third-order valence-electron chi connectivity index (χ3n) is 4.05. The van der Waals surface area contributed by atoms with Gasteiger partial charge in [0, 0.05) is 18.3 Å². The van der Waals surface area contributed by atoms with Crippen molar-refractivity contribution in [2.24, 2.45) is 4.99 Å². The zero-order valence-electron chi connectivity index (χ0n) is 15.7. The van der Waals surface area contributed by atoms with Gasteiger partial charge in [-0.15, -0.1) is 0 Å². The lowest BCUT2D eigenvalue weighted by molar-refractivity contribution is -0.122. The van der Waals surface area contributed by atoms with Gasteiger partial charge in [-0.05, 0) is 54.6 Å². The van der Waals surface area contributed by atoms with Gasteiger partial charge in [0.05, 0.1) is 18.1 Å². The molecule has 2 aromatic carbocycles. The van der Waals surface area contributed by atoms with Gasteiger partial charge in [0.25, 0.3) is 11.1 Å². The lowest BCUT2D eigenvalue weighted by Crippen LogP contribution is -2.30. The molecular formula is C21H19FN2O4S. The fourth-order valence-electron chi connectivity index (χ4n) is 2.64. The molecule has 1 aliphatic heterocycles. The molecular weight excluding hydrogens is 395 g/mol. The van der Waals surface area contributed by atoms with Gasteiger partial charge in [-0.2, -0.15) is 0 Å². The number of aliphatic imine (C=N–C) groups is 1. The van der Waals surface area contributed by atoms with Gasteiger partial charge in [0.15, 0.2) is 11.5 Å². The number of ether oxygens (including phenoxy) is 1. The lowest BCUT2D eigenvalue weighted by Gasteiger charge is -2.10. The number of carbonyl (C=O) groups is 2. The van der Waals surface area contributed by atoms with Gasteiger partial charge in [0.2, 0.25) is 0 Å². The van der Waals surface area contributed by atoms with E-state index < -0.39 is 5.91 Å². The standard InChI is InChI=1S/C21H19FN2O4S/c1-2-28-17-5-3-4-15(19(17)25)13-23-10-11-24-20(26)18(29-21(24)27)12-14-6-8-16(22)9-7-14/h3-9,12-13,25H,2,10-11H2,1H3/b18-12-,23-13?. The number of rotatable bonds is 7. The van der Waals surface area contributed by atoms with Crippen LogP contribution in [0.4, 0.5) is 9.18 Å². The highest BCUT2D eigenvalue weighted by atomic mass is 32.2. The van der Waals surface area contributed by atoms with E-state index in [1.165, 1.54) is 30.5 Å². The van der Waals surface area contributed by atoms with Crippen LogP contribution in [-0.4, -0.2) is 47.1 Å². The van der Waals surface area contributed by atoms with Crippen LogP contribution in [-0.2, 0) is 4.79 Å². The van der Waals surface area contributed by atoms with Crippen LogP contribution in [0.15, 0.2) is 52.4 Å². The summed E-state index contributed by atoms with van der Waals surface area (Å²) in [6.45, 7) is 2.56. The average molecular weight is 414 g/mol. The van der Waals surface area contributed by atoms with E-state index in [0.717, 1.165) is 16.7 Å². The number of nitrogens with zero attached hydrogens (tertiary/aromatic N) is 2. The summed E-state index contributed by atoms with van der Waals surface area (Å²) in [7, 11) is 0. The number of aromatic hydroxyl groups is 1.